The van der Waals surface area contributed by atoms with E-state index in [-0.39, 0.29) is 19.1 Å². The molecule has 0 aliphatic heterocycles. The van der Waals surface area contributed by atoms with E-state index in [0.717, 1.165) is 21.6 Å². The van der Waals surface area contributed by atoms with E-state index >= 15 is 0 Å². The van der Waals surface area contributed by atoms with Gasteiger partial charge in [0.05, 0.1) is 29.9 Å². The lowest BCUT2D eigenvalue weighted by Gasteiger charge is -2.27. The Morgan fingerprint density at radius 2 is 1.95 bits per heavy atom. The Morgan fingerprint density at radius 1 is 1.21 bits per heavy atom. The Bertz CT molecular complexity index is 1200. The lowest BCUT2D eigenvalue weighted by Crippen LogP contribution is -2.43. The molecule has 1 aromatic carbocycles. The van der Waals surface area contributed by atoms with Gasteiger partial charge in [-0.3, -0.25) is 20.5 Å². The van der Waals surface area contributed by atoms with Crippen LogP contribution in [0, 0.1) is 13.8 Å². The third-order valence-electron chi connectivity index (χ3n) is 5.71. The van der Waals surface area contributed by atoms with Crippen molar-refractivity contribution in [3.63, 3.8) is 0 Å². The molecular weight excluding hydrogens is 504 g/mol. The van der Waals surface area contributed by atoms with Gasteiger partial charge in [-0.25, -0.2) is 9.78 Å². The number of amides is 1. The maximum atomic E-state index is 12.8. The standard InChI is InChI=1S/C28H36N4O5S/c1-7-35-27(34)28(5,6)37-26-19(2)15-22(16-20(26)3)17-32(12-10-25-29-11-13-36-25)18-24(33)31-30-21(4)23-9-8-14-38-23/h8-9,11,13-16,30H,4,7,10,12,17-18H2,1-3,5-6H3,(H,31,33). The van der Waals surface area contributed by atoms with Crippen LogP contribution in [0.5, 0.6) is 5.75 Å². The molecule has 2 aromatic heterocycles. The molecule has 204 valence electrons. The number of carbonyl (C=O) groups excluding carboxylic acids is 2. The number of esters is 1. The van der Waals surface area contributed by atoms with Gasteiger partial charge in [-0.05, 0) is 62.8 Å². The van der Waals surface area contributed by atoms with Crippen LogP contribution < -0.4 is 15.6 Å². The molecule has 38 heavy (non-hydrogen) atoms. The van der Waals surface area contributed by atoms with Crippen LogP contribution >= 0.6 is 11.3 Å². The quantitative estimate of drug-likeness (QED) is 0.229. The smallest absolute Gasteiger partial charge is 0.349 e. The van der Waals surface area contributed by atoms with Crippen molar-refractivity contribution in [2.75, 3.05) is 19.7 Å². The topological polar surface area (TPSA) is 106 Å². The second-order valence-corrected chi connectivity index (χ2v) is 10.4. The van der Waals surface area contributed by atoms with E-state index < -0.39 is 11.6 Å². The van der Waals surface area contributed by atoms with Crippen LogP contribution in [0.1, 0.15) is 48.2 Å². The van der Waals surface area contributed by atoms with Gasteiger partial charge < -0.3 is 13.9 Å². The van der Waals surface area contributed by atoms with Gasteiger partial charge in [0.1, 0.15) is 12.0 Å². The largest absolute Gasteiger partial charge is 0.476 e. The Labute approximate surface area is 227 Å². The molecule has 0 fully saturated rings. The van der Waals surface area contributed by atoms with Crippen LogP contribution in [0.4, 0.5) is 0 Å². The van der Waals surface area contributed by atoms with Gasteiger partial charge >= 0.3 is 5.97 Å². The second-order valence-electron chi connectivity index (χ2n) is 9.41. The number of hydrogen-bond acceptors (Lipinski definition) is 9. The number of rotatable bonds is 14. The minimum absolute atomic E-state index is 0.150. The number of ether oxygens (including phenoxy) is 2. The molecule has 0 spiro atoms. The average Bonchev–Trinajstić information content (AvgIpc) is 3.58. The van der Waals surface area contributed by atoms with Crippen LogP contribution in [-0.4, -0.2) is 47.1 Å². The zero-order valence-corrected chi connectivity index (χ0v) is 23.4. The number of nitrogens with one attached hydrogen (secondary N) is 2. The molecular formula is C28H36N4O5S. The van der Waals surface area contributed by atoms with Crippen LogP contribution in [0.15, 0.2) is 53.1 Å². The molecule has 9 nitrogen and oxygen atoms in total. The van der Waals surface area contributed by atoms with E-state index in [2.05, 4.69) is 22.4 Å². The van der Waals surface area contributed by atoms with E-state index in [1.54, 1.807) is 27.0 Å². The number of nitrogens with zero attached hydrogens (tertiary/aromatic N) is 2. The highest BCUT2D eigenvalue weighted by Gasteiger charge is 2.32. The third kappa shape index (κ3) is 8.19. The minimum atomic E-state index is -1.12. The van der Waals surface area contributed by atoms with Crippen molar-refractivity contribution in [2.45, 2.75) is 53.2 Å². The van der Waals surface area contributed by atoms with E-state index in [9.17, 15) is 9.59 Å². The minimum Gasteiger partial charge on any atom is -0.476 e. The van der Waals surface area contributed by atoms with E-state index in [1.807, 2.05) is 48.4 Å². The van der Waals surface area contributed by atoms with E-state index in [1.165, 1.54) is 17.6 Å². The first-order valence-electron chi connectivity index (χ1n) is 12.4. The van der Waals surface area contributed by atoms with Crippen molar-refractivity contribution in [2.24, 2.45) is 0 Å². The van der Waals surface area contributed by atoms with Crippen molar-refractivity contribution < 1.29 is 23.5 Å². The fourth-order valence-corrected chi connectivity index (χ4v) is 4.55. The predicted octanol–water partition coefficient (Wildman–Crippen LogP) is 4.41. The molecule has 0 saturated heterocycles. The Kier molecular flexibility index (Phi) is 10.1. The van der Waals surface area contributed by atoms with Gasteiger partial charge in [-0.15, -0.1) is 11.3 Å². The number of hydrazine groups is 1. The molecule has 3 rings (SSSR count). The lowest BCUT2D eigenvalue weighted by atomic mass is 10.0. The first kappa shape index (κ1) is 28.9. The highest BCUT2D eigenvalue weighted by Crippen LogP contribution is 2.29. The van der Waals surface area contributed by atoms with Crippen LogP contribution in [0.3, 0.4) is 0 Å². The summed E-state index contributed by atoms with van der Waals surface area (Å²) in [6.07, 6.45) is 3.70. The first-order chi connectivity index (χ1) is 18.1. The molecule has 3 aromatic rings. The molecule has 2 N–H and O–H groups in total. The van der Waals surface area contributed by atoms with Gasteiger partial charge in [0.15, 0.2) is 11.5 Å². The predicted molar refractivity (Wildman–Crippen MR) is 147 cm³/mol. The van der Waals surface area contributed by atoms with Gasteiger partial charge in [0.25, 0.3) is 5.91 Å². The third-order valence-corrected chi connectivity index (χ3v) is 6.64. The summed E-state index contributed by atoms with van der Waals surface area (Å²) in [5, 5.41) is 1.95. The highest BCUT2D eigenvalue weighted by molar-refractivity contribution is 7.11. The molecule has 0 aliphatic rings. The summed E-state index contributed by atoms with van der Waals surface area (Å²) in [6.45, 7) is 14.5. The molecule has 0 radical (unpaired) electrons. The Morgan fingerprint density at radius 3 is 2.55 bits per heavy atom. The average molecular weight is 541 g/mol. The number of benzene rings is 1. The normalized spacial score (nSPS) is 11.3. The van der Waals surface area contributed by atoms with Crippen molar-refractivity contribution in [1.82, 2.24) is 20.7 Å². The summed E-state index contributed by atoms with van der Waals surface area (Å²) in [4.78, 5) is 32.3. The lowest BCUT2D eigenvalue weighted by molar-refractivity contribution is -0.158. The SMILES string of the molecule is C=C(NNC(=O)CN(CCc1ncco1)Cc1cc(C)c(OC(C)(C)C(=O)OCC)c(C)c1)c1cccs1. The monoisotopic (exact) mass is 540 g/mol. The van der Waals surface area contributed by atoms with E-state index in [4.69, 9.17) is 13.9 Å². The van der Waals surface area contributed by atoms with Crippen LogP contribution in [0.2, 0.25) is 0 Å². The number of hydrogen-bond donors (Lipinski definition) is 2. The molecule has 0 unspecified atom stereocenters. The highest BCUT2D eigenvalue weighted by atomic mass is 32.1. The maximum absolute atomic E-state index is 12.8. The van der Waals surface area contributed by atoms with Crippen molar-refractivity contribution in [1.29, 1.82) is 0 Å². The molecule has 0 atom stereocenters. The summed E-state index contributed by atoms with van der Waals surface area (Å²) in [6, 6.07) is 7.88. The summed E-state index contributed by atoms with van der Waals surface area (Å²) >= 11 is 1.54. The Balaban J connectivity index is 1.69. The van der Waals surface area contributed by atoms with Crippen LogP contribution in [0.25, 0.3) is 5.70 Å². The number of carbonyl (C=O) groups is 2. The molecule has 0 bridgehead atoms. The molecule has 0 aliphatic carbocycles. The van der Waals surface area contributed by atoms with Gasteiger partial charge in [0.2, 0.25) is 0 Å². The first-order valence-corrected chi connectivity index (χ1v) is 13.3. The summed E-state index contributed by atoms with van der Waals surface area (Å²) < 4.78 is 16.6. The Hall–Kier alpha value is -3.63. The molecule has 10 heteroatoms. The van der Waals surface area contributed by atoms with E-state index in [0.29, 0.717) is 36.8 Å². The molecule has 0 saturated carbocycles. The summed E-state index contributed by atoms with van der Waals surface area (Å²) in [5.74, 6) is 0.644. The number of thiophene rings is 1. The van der Waals surface area contributed by atoms with Gasteiger partial charge in [0, 0.05) is 19.5 Å². The van der Waals surface area contributed by atoms with Gasteiger partial charge in [-0.1, -0.05) is 24.8 Å². The number of aryl methyl sites for hydroxylation is 2. The zero-order valence-electron chi connectivity index (χ0n) is 22.6. The maximum Gasteiger partial charge on any atom is 0.349 e. The molecule has 2 heterocycles. The summed E-state index contributed by atoms with van der Waals surface area (Å²) in [5.41, 5.74) is 7.94. The fraction of sp³-hybridized carbons (Fsp3) is 0.393. The van der Waals surface area contributed by atoms with Crippen LogP contribution in [-0.2, 0) is 27.3 Å². The van der Waals surface area contributed by atoms with Crippen molar-refractivity contribution in [3.05, 3.63) is 76.1 Å². The fourth-order valence-electron chi connectivity index (χ4n) is 3.90. The van der Waals surface area contributed by atoms with Gasteiger partial charge in [-0.2, -0.15) is 0 Å². The van der Waals surface area contributed by atoms with Crippen molar-refractivity contribution in [3.8, 4) is 5.75 Å². The summed E-state index contributed by atoms with van der Waals surface area (Å²) in [7, 11) is 0. The molecule has 1 amide bonds. The van der Waals surface area contributed by atoms with Crippen molar-refractivity contribution >= 4 is 28.9 Å². The zero-order chi connectivity index (χ0) is 27.7. The second kappa shape index (κ2) is 13.3. The number of aromatic nitrogens is 1. The number of oxazole rings is 1.